The summed E-state index contributed by atoms with van der Waals surface area (Å²) >= 11 is 0. The van der Waals surface area contributed by atoms with E-state index in [9.17, 15) is 0 Å². The summed E-state index contributed by atoms with van der Waals surface area (Å²) in [5, 5.41) is 3.66. The van der Waals surface area contributed by atoms with Crippen LogP contribution in [-0.4, -0.2) is 30.6 Å². The Morgan fingerprint density at radius 2 is 2.00 bits per heavy atom. The number of likely N-dealkylation sites (N-methyl/N-ethyl adjacent to an activating group) is 2. The summed E-state index contributed by atoms with van der Waals surface area (Å²) in [6.45, 7) is 12.2. The molecule has 1 saturated carbocycles. The molecule has 1 fully saturated rings. The first-order valence-corrected chi connectivity index (χ1v) is 7.70. The second kappa shape index (κ2) is 6.53. The SMILES string of the molecule is CCNC(CN(CC)C1CC1)c1ccc(C)cc1C. The van der Waals surface area contributed by atoms with E-state index in [1.54, 1.807) is 0 Å². The van der Waals surface area contributed by atoms with E-state index in [1.807, 2.05) is 0 Å². The highest BCUT2D eigenvalue weighted by atomic mass is 15.2. The second-order valence-corrected chi connectivity index (χ2v) is 5.79. The highest BCUT2D eigenvalue weighted by Gasteiger charge is 2.29. The third-order valence-corrected chi connectivity index (χ3v) is 4.14. The minimum atomic E-state index is 0.464. The van der Waals surface area contributed by atoms with Gasteiger partial charge in [0.15, 0.2) is 0 Å². The molecular weight excluding hydrogens is 232 g/mol. The summed E-state index contributed by atoms with van der Waals surface area (Å²) in [4.78, 5) is 2.63. The molecule has 2 nitrogen and oxygen atoms in total. The molecule has 0 radical (unpaired) electrons. The predicted molar refractivity (Wildman–Crippen MR) is 82.6 cm³/mol. The van der Waals surface area contributed by atoms with Crippen molar-refractivity contribution in [2.45, 2.75) is 52.6 Å². The van der Waals surface area contributed by atoms with Crippen LogP contribution in [0, 0.1) is 13.8 Å². The zero-order valence-electron chi connectivity index (χ0n) is 12.9. The highest BCUT2D eigenvalue weighted by Crippen LogP contribution is 2.29. The van der Waals surface area contributed by atoms with Crippen LogP contribution in [0.3, 0.4) is 0 Å². The fraction of sp³-hybridized carbons (Fsp3) is 0.647. The smallest absolute Gasteiger partial charge is 0.0451 e. The quantitative estimate of drug-likeness (QED) is 0.808. The van der Waals surface area contributed by atoms with Gasteiger partial charge in [-0.2, -0.15) is 0 Å². The highest BCUT2D eigenvalue weighted by molar-refractivity contribution is 5.33. The molecule has 106 valence electrons. The number of hydrogen-bond donors (Lipinski definition) is 1. The molecular formula is C17H28N2. The largest absolute Gasteiger partial charge is 0.309 e. The lowest BCUT2D eigenvalue weighted by atomic mass is 9.98. The van der Waals surface area contributed by atoms with Crippen molar-refractivity contribution in [3.8, 4) is 0 Å². The Hall–Kier alpha value is -0.860. The first-order chi connectivity index (χ1) is 9.15. The van der Waals surface area contributed by atoms with Crippen molar-refractivity contribution in [1.82, 2.24) is 10.2 Å². The minimum Gasteiger partial charge on any atom is -0.309 e. The minimum absolute atomic E-state index is 0.464. The second-order valence-electron chi connectivity index (χ2n) is 5.79. The summed E-state index contributed by atoms with van der Waals surface area (Å²) in [6.07, 6.45) is 2.78. The summed E-state index contributed by atoms with van der Waals surface area (Å²) in [5.41, 5.74) is 4.23. The van der Waals surface area contributed by atoms with Crippen LogP contribution in [0.15, 0.2) is 18.2 Å². The maximum absolute atomic E-state index is 3.66. The Morgan fingerprint density at radius 1 is 1.26 bits per heavy atom. The Morgan fingerprint density at radius 3 is 2.53 bits per heavy atom. The molecule has 2 heteroatoms. The number of aryl methyl sites for hydroxylation is 2. The molecule has 0 amide bonds. The normalized spacial score (nSPS) is 16.9. The van der Waals surface area contributed by atoms with Crippen LogP contribution in [0.5, 0.6) is 0 Å². The van der Waals surface area contributed by atoms with Crippen molar-refractivity contribution in [2.75, 3.05) is 19.6 Å². The molecule has 1 aliphatic carbocycles. The van der Waals surface area contributed by atoms with Gasteiger partial charge in [-0.3, -0.25) is 4.90 Å². The fourth-order valence-corrected chi connectivity index (χ4v) is 2.95. The van der Waals surface area contributed by atoms with E-state index in [4.69, 9.17) is 0 Å². The number of nitrogens with one attached hydrogen (secondary N) is 1. The Bertz CT molecular complexity index is 410. The zero-order chi connectivity index (χ0) is 13.8. The average molecular weight is 260 g/mol. The van der Waals surface area contributed by atoms with Crippen molar-refractivity contribution in [3.63, 3.8) is 0 Å². The summed E-state index contributed by atoms with van der Waals surface area (Å²) in [7, 11) is 0. The van der Waals surface area contributed by atoms with E-state index in [0.29, 0.717) is 6.04 Å². The molecule has 1 N–H and O–H groups in total. The van der Waals surface area contributed by atoms with E-state index in [0.717, 1.165) is 25.7 Å². The topological polar surface area (TPSA) is 15.3 Å². The summed E-state index contributed by atoms with van der Waals surface area (Å²) in [6, 6.07) is 8.15. The molecule has 0 aliphatic heterocycles. The van der Waals surface area contributed by atoms with E-state index in [1.165, 1.54) is 29.5 Å². The monoisotopic (exact) mass is 260 g/mol. The fourth-order valence-electron chi connectivity index (χ4n) is 2.95. The van der Waals surface area contributed by atoms with Crippen LogP contribution in [0.2, 0.25) is 0 Å². The van der Waals surface area contributed by atoms with Crippen molar-refractivity contribution >= 4 is 0 Å². The van der Waals surface area contributed by atoms with Crippen LogP contribution in [0.25, 0.3) is 0 Å². The van der Waals surface area contributed by atoms with Gasteiger partial charge < -0.3 is 5.32 Å². The van der Waals surface area contributed by atoms with Crippen LogP contribution in [-0.2, 0) is 0 Å². The van der Waals surface area contributed by atoms with Gasteiger partial charge in [0.2, 0.25) is 0 Å². The number of rotatable bonds is 7. The number of nitrogens with zero attached hydrogens (tertiary/aromatic N) is 1. The first kappa shape index (κ1) is 14.5. The molecule has 0 bridgehead atoms. The first-order valence-electron chi connectivity index (χ1n) is 7.70. The molecule has 1 aliphatic rings. The molecule has 1 atom stereocenters. The van der Waals surface area contributed by atoms with Gasteiger partial charge in [-0.1, -0.05) is 37.6 Å². The summed E-state index contributed by atoms with van der Waals surface area (Å²) < 4.78 is 0. The molecule has 0 spiro atoms. The Balaban J connectivity index is 2.13. The van der Waals surface area contributed by atoms with E-state index < -0.39 is 0 Å². The van der Waals surface area contributed by atoms with Crippen LogP contribution < -0.4 is 5.32 Å². The predicted octanol–water partition coefficient (Wildman–Crippen LogP) is 3.44. The van der Waals surface area contributed by atoms with Crippen molar-refractivity contribution in [1.29, 1.82) is 0 Å². The zero-order valence-corrected chi connectivity index (χ0v) is 12.9. The van der Waals surface area contributed by atoms with Crippen LogP contribution in [0.4, 0.5) is 0 Å². The van der Waals surface area contributed by atoms with Crippen LogP contribution in [0.1, 0.15) is 49.4 Å². The number of benzene rings is 1. The lowest BCUT2D eigenvalue weighted by Gasteiger charge is -2.28. The lowest BCUT2D eigenvalue weighted by molar-refractivity contribution is 0.245. The van der Waals surface area contributed by atoms with Gasteiger partial charge in [-0.25, -0.2) is 0 Å². The van der Waals surface area contributed by atoms with Crippen molar-refractivity contribution in [2.24, 2.45) is 0 Å². The molecule has 1 unspecified atom stereocenters. The van der Waals surface area contributed by atoms with E-state index >= 15 is 0 Å². The van der Waals surface area contributed by atoms with Gasteiger partial charge in [-0.15, -0.1) is 0 Å². The molecule has 2 rings (SSSR count). The molecule has 19 heavy (non-hydrogen) atoms. The standard InChI is InChI=1S/C17H28N2/c1-5-18-17(12-19(6-2)15-8-9-15)16-10-7-13(3)11-14(16)4/h7,10-11,15,17-18H,5-6,8-9,12H2,1-4H3. The van der Waals surface area contributed by atoms with Crippen molar-refractivity contribution < 1.29 is 0 Å². The van der Waals surface area contributed by atoms with Crippen molar-refractivity contribution in [3.05, 3.63) is 34.9 Å². The Labute approximate surface area is 118 Å². The van der Waals surface area contributed by atoms with Gasteiger partial charge in [-0.05, 0) is 50.9 Å². The maximum Gasteiger partial charge on any atom is 0.0451 e. The van der Waals surface area contributed by atoms with Gasteiger partial charge in [0.25, 0.3) is 0 Å². The third-order valence-electron chi connectivity index (χ3n) is 4.14. The van der Waals surface area contributed by atoms with Gasteiger partial charge in [0.1, 0.15) is 0 Å². The molecule has 0 aromatic heterocycles. The summed E-state index contributed by atoms with van der Waals surface area (Å²) in [5.74, 6) is 0. The van der Waals surface area contributed by atoms with Gasteiger partial charge >= 0.3 is 0 Å². The molecule has 1 aromatic rings. The Kier molecular flexibility index (Phi) is 5.00. The van der Waals surface area contributed by atoms with E-state index in [-0.39, 0.29) is 0 Å². The third kappa shape index (κ3) is 3.80. The maximum atomic E-state index is 3.66. The lowest BCUT2D eigenvalue weighted by Crippen LogP contribution is -2.36. The number of hydrogen-bond acceptors (Lipinski definition) is 2. The molecule has 0 saturated heterocycles. The molecule has 1 aromatic carbocycles. The van der Waals surface area contributed by atoms with E-state index in [2.05, 4.69) is 56.1 Å². The van der Waals surface area contributed by atoms with Crippen LogP contribution >= 0.6 is 0 Å². The van der Waals surface area contributed by atoms with Gasteiger partial charge in [0.05, 0.1) is 0 Å². The average Bonchev–Trinajstić information content (AvgIpc) is 3.19. The molecule has 0 heterocycles. The van der Waals surface area contributed by atoms with Gasteiger partial charge in [0, 0.05) is 18.6 Å².